The van der Waals surface area contributed by atoms with Gasteiger partial charge in [-0.15, -0.1) is 4.99 Å². The van der Waals surface area contributed by atoms with Gasteiger partial charge in [0, 0.05) is 19.6 Å². The average molecular weight is 457 g/mol. The lowest BCUT2D eigenvalue weighted by Crippen LogP contribution is -2.53. The second kappa shape index (κ2) is 10.6. The zero-order valence-electron chi connectivity index (χ0n) is 18.7. The van der Waals surface area contributed by atoms with Gasteiger partial charge in [-0.2, -0.15) is 5.26 Å². The molecule has 1 amide bonds. The van der Waals surface area contributed by atoms with Crippen molar-refractivity contribution >= 4 is 11.9 Å². The Kier molecular flexibility index (Phi) is 7.19. The van der Waals surface area contributed by atoms with Crippen LogP contribution in [0, 0.1) is 17.3 Å². The van der Waals surface area contributed by atoms with E-state index in [1.165, 1.54) is 12.1 Å². The molecule has 0 radical (unpaired) electrons. The molecule has 0 saturated carbocycles. The first-order valence-corrected chi connectivity index (χ1v) is 11.1. The van der Waals surface area contributed by atoms with Crippen LogP contribution in [0.4, 0.5) is 4.39 Å². The molecule has 0 bridgehead atoms. The zero-order valence-corrected chi connectivity index (χ0v) is 18.7. The average Bonchev–Trinajstić information content (AvgIpc) is 2.89. The van der Waals surface area contributed by atoms with E-state index < -0.39 is 5.41 Å². The first kappa shape index (κ1) is 23.0. The Morgan fingerprint density at radius 2 is 1.62 bits per heavy atom. The molecular weight excluding hydrogens is 431 g/mol. The highest BCUT2D eigenvalue weighted by atomic mass is 19.1. The van der Waals surface area contributed by atoms with Gasteiger partial charge < -0.3 is 15.0 Å². The maximum atomic E-state index is 13.5. The van der Waals surface area contributed by atoms with Gasteiger partial charge in [0.1, 0.15) is 11.6 Å². The molecule has 3 aromatic carbocycles. The summed E-state index contributed by atoms with van der Waals surface area (Å²) in [5.41, 5.74) is 1.03. The lowest BCUT2D eigenvalue weighted by molar-refractivity contribution is -0.128. The highest BCUT2D eigenvalue weighted by Crippen LogP contribution is 2.36. The molecule has 0 aromatic heterocycles. The number of nitrogens with zero attached hydrogens (tertiary/aromatic N) is 3. The highest BCUT2D eigenvalue weighted by Gasteiger charge is 2.43. The summed E-state index contributed by atoms with van der Waals surface area (Å²) < 4.78 is 19.1. The highest BCUT2D eigenvalue weighted by molar-refractivity contribution is 5.89. The van der Waals surface area contributed by atoms with E-state index in [-0.39, 0.29) is 17.7 Å². The molecule has 1 heterocycles. The Bertz CT molecular complexity index is 1170. The minimum absolute atomic E-state index is 0.0783. The molecule has 4 rings (SSSR count). The van der Waals surface area contributed by atoms with E-state index in [1.54, 1.807) is 24.3 Å². The number of hydrogen-bond donors (Lipinski definition) is 1. The van der Waals surface area contributed by atoms with Crippen molar-refractivity contribution in [2.24, 2.45) is 4.99 Å². The Labute approximate surface area is 198 Å². The van der Waals surface area contributed by atoms with E-state index >= 15 is 0 Å². The predicted molar refractivity (Wildman–Crippen MR) is 127 cm³/mol. The largest absolute Gasteiger partial charge is 0.425 e. The Hall–Kier alpha value is -4.18. The SMILES string of the molecule is N#CN=C(Oc1ccccc1)N1CCC(C(=O)NCc2ccc(F)cc2)(c2ccccc2)CC1. The third-order valence-electron chi connectivity index (χ3n) is 6.11. The van der Waals surface area contributed by atoms with Gasteiger partial charge in [-0.25, -0.2) is 4.39 Å². The number of benzene rings is 3. The standard InChI is InChI=1S/C27H25FN4O2/c28-23-13-11-21(12-14-23)19-30-25(33)27(22-7-3-1-4-8-22)15-17-32(18-16-27)26(31-20-29)34-24-9-5-2-6-10-24/h1-14H,15-19H2,(H,30,33). The van der Waals surface area contributed by atoms with Crippen LogP contribution >= 0.6 is 0 Å². The van der Waals surface area contributed by atoms with Crippen LogP contribution in [0.2, 0.25) is 0 Å². The second-order valence-electron chi connectivity index (χ2n) is 8.15. The number of aliphatic imine (C=N–C) groups is 1. The smallest absolute Gasteiger partial charge is 0.308 e. The number of rotatable bonds is 5. The quantitative estimate of drug-likeness (QED) is 0.351. The fraction of sp³-hybridized carbons (Fsp3) is 0.222. The van der Waals surface area contributed by atoms with E-state index in [1.807, 2.05) is 59.6 Å². The van der Waals surface area contributed by atoms with Gasteiger partial charge in [-0.05, 0) is 48.2 Å². The summed E-state index contributed by atoms with van der Waals surface area (Å²) in [6.07, 6.45) is 2.86. The Balaban J connectivity index is 1.51. The number of carbonyl (C=O) groups is 1. The number of nitriles is 1. The lowest BCUT2D eigenvalue weighted by atomic mass is 9.72. The molecule has 1 saturated heterocycles. The van der Waals surface area contributed by atoms with Crippen molar-refractivity contribution in [1.82, 2.24) is 10.2 Å². The predicted octanol–water partition coefficient (Wildman–Crippen LogP) is 4.39. The van der Waals surface area contributed by atoms with Crippen LogP contribution in [-0.2, 0) is 16.8 Å². The molecule has 7 heteroatoms. The summed E-state index contributed by atoms with van der Waals surface area (Å²) in [5, 5.41) is 12.2. The molecule has 34 heavy (non-hydrogen) atoms. The summed E-state index contributed by atoms with van der Waals surface area (Å²) in [4.78, 5) is 19.3. The van der Waals surface area contributed by atoms with Crippen LogP contribution in [0.1, 0.15) is 24.0 Å². The number of piperidine rings is 1. The van der Waals surface area contributed by atoms with Crippen molar-refractivity contribution in [3.8, 4) is 11.9 Å². The van der Waals surface area contributed by atoms with Crippen LogP contribution in [0.5, 0.6) is 5.75 Å². The molecule has 1 aliphatic heterocycles. The van der Waals surface area contributed by atoms with E-state index in [2.05, 4.69) is 10.3 Å². The maximum absolute atomic E-state index is 13.5. The van der Waals surface area contributed by atoms with Crippen LogP contribution in [0.15, 0.2) is 89.9 Å². The number of amides is 1. The van der Waals surface area contributed by atoms with Gasteiger partial charge in [0.2, 0.25) is 12.1 Å². The summed E-state index contributed by atoms with van der Waals surface area (Å²) in [7, 11) is 0. The number of ether oxygens (including phenoxy) is 1. The molecule has 1 aliphatic rings. The number of halogens is 1. The van der Waals surface area contributed by atoms with Crippen LogP contribution in [-0.4, -0.2) is 29.9 Å². The Morgan fingerprint density at radius 3 is 2.24 bits per heavy atom. The fourth-order valence-corrected chi connectivity index (χ4v) is 4.23. The summed E-state index contributed by atoms with van der Waals surface area (Å²) in [6, 6.07) is 25.2. The van der Waals surface area contributed by atoms with Crippen molar-refractivity contribution in [3.05, 3.63) is 102 Å². The fourth-order valence-electron chi connectivity index (χ4n) is 4.23. The van der Waals surface area contributed by atoms with Crippen molar-refractivity contribution in [1.29, 1.82) is 5.26 Å². The molecule has 0 spiro atoms. The van der Waals surface area contributed by atoms with Gasteiger partial charge in [0.05, 0.1) is 5.41 Å². The van der Waals surface area contributed by atoms with Crippen molar-refractivity contribution in [3.63, 3.8) is 0 Å². The van der Waals surface area contributed by atoms with E-state index in [4.69, 9.17) is 4.74 Å². The van der Waals surface area contributed by atoms with Crippen LogP contribution in [0.25, 0.3) is 0 Å². The van der Waals surface area contributed by atoms with Gasteiger partial charge in [0.25, 0.3) is 0 Å². The maximum Gasteiger partial charge on any atom is 0.308 e. The summed E-state index contributed by atoms with van der Waals surface area (Å²) in [5.74, 6) is 0.203. The van der Waals surface area contributed by atoms with Crippen molar-refractivity contribution < 1.29 is 13.9 Å². The molecule has 3 aromatic rings. The number of carbonyl (C=O) groups excluding carboxylic acids is 1. The van der Waals surface area contributed by atoms with E-state index in [0.717, 1.165) is 11.1 Å². The van der Waals surface area contributed by atoms with Crippen LogP contribution < -0.4 is 10.1 Å². The zero-order chi connectivity index (χ0) is 23.8. The van der Waals surface area contributed by atoms with Gasteiger partial charge in [0.15, 0.2) is 0 Å². The van der Waals surface area contributed by atoms with Crippen molar-refractivity contribution in [2.75, 3.05) is 13.1 Å². The molecule has 172 valence electrons. The number of likely N-dealkylation sites (tertiary alicyclic amines) is 1. The lowest BCUT2D eigenvalue weighted by Gasteiger charge is -2.41. The van der Waals surface area contributed by atoms with Crippen LogP contribution in [0.3, 0.4) is 0 Å². The molecule has 0 aliphatic carbocycles. The first-order valence-electron chi connectivity index (χ1n) is 11.1. The summed E-state index contributed by atoms with van der Waals surface area (Å²) >= 11 is 0. The van der Waals surface area contributed by atoms with Gasteiger partial charge in [-0.1, -0.05) is 60.7 Å². The van der Waals surface area contributed by atoms with Gasteiger partial charge >= 0.3 is 6.02 Å². The molecule has 6 nitrogen and oxygen atoms in total. The second-order valence-corrected chi connectivity index (χ2v) is 8.15. The molecular formula is C27H25FN4O2. The monoisotopic (exact) mass is 456 g/mol. The Morgan fingerprint density at radius 1 is 1.00 bits per heavy atom. The van der Waals surface area contributed by atoms with Crippen molar-refractivity contribution in [2.45, 2.75) is 24.8 Å². The molecule has 1 fully saturated rings. The number of para-hydroxylation sites is 1. The topological polar surface area (TPSA) is 77.7 Å². The minimum Gasteiger partial charge on any atom is -0.425 e. The van der Waals surface area contributed by atoms with E-state index in [9.17, 15) is 14.4 Å². The number of nitrogens with one attached hydrogen (secondary N) is 1. The van der Waals surface area contributed by atoms with Gasteiger partial charge in [-0.3, -0.25) is 4.79 Å². The minimum atomic E-state index is -0.734. The molecule has 1 N–H and O–H groups in total. The third kappa shape index (κ3) is 5.24. The molecule has 0 unspecified atom stereocenters. The third-order valence-corrected chi connectivity index (χ3v) is 6.11. The number of hydrogen-bond acceptors (Lipinski definition) is 4. The summed E-state index contributed by atoms with van der Waals surface area (Å²) in [6.45, 7) is 1.30. The first-order chi connectivity index (χ1) is 16.6. The number of amidine groups is 1. The van der Waals surface area contributed by atoms with E-state index in [0.29, 0.717) is 38.2 Å². The molecule has 0 atom stereocenters. The normalized spacial score (nSPS) is 15.3.